The summed E-state index contributed by atoms with van der Waals surface area (Å²) >= 11 is 6.16. The molecule has 0 saturated heterocycles. The molecule has 0 aromatic carbocycles. The highest BCUT2D eigenvalue weighted by molar-refractivity contribution is 6.30. The molecule has 0 fully saturated rings. The molecule has 0 aliphatic rings. The summed E-state index contributed by atoms with van der Waals surface area (Å²) in [5.41, 5.74) is 8.88. The van der Waals surface area contributed by atoms with E-state index >= 15 is 0 Å². The van der Waals surface area contributed by atoms with E-state index in [-0.39, 0.29) is 6.04 Å². The lowest BCUT2D eigenvalue weighted by molar-refractivity contribution is 0.709. The van der Waals surface area contributed by atoms with E-state index < -0.39 is 0 Å². The second-order valence-corrected chi connectivity index (χ2v) is 4.32. The van der Waals surface area contributed by atoms with Crippen LogP contribution in [0.2, 0.25) is 5.15 Å². The molecular formula is C11H14ClN5. The Balaban J connectivity index is 2.22. The SMILES string of the molecule is Cc1nn(C)c(Cl)c1CC(N)c1cncnc1. The minimum Gasteiger partial charge on any atom is -0.324 e. The van der Waals surface area contributed by atoms with Gasteiger partial charge in [-0.05, 0) is 13.3 Å². The molecule has 2 aromatic heterocycles. The van der Waals surface area contributed by atoms with Crippen LogP contribution < -0.4 is 5.73 Å². The van der Waals surface area contributed by atoms with Crippen LogP contribution in [-0.2, 0) is 13.5 Å². The Hall–Kier alpha value is -1.46. The highest BCUT2D eigenvalue weighted by atomic mass is 35.5. The lowest BCUT2D eigenvalue weighted by Crippen LogP contribution is -2.14. The molecule has 2 heterocycles. The van der Waals surface area contributed by atoms with E-state index in [1.165, 1.54) is 6.33 Å². The number of hydrogen-bond donors (Lipinski definition) is 1. The van der Waals surface area contributed by atoms with Crippen LogP contribution in [0.15, 0.2) is 18.7 Å². The van der Waals surface area contributed by atoms with Gasteiger partial charge in [0.25, 0.3) is 0 Å². The van der Waals surface area contributed by atoms with Crippen LogP contribution in [0.4, 0.5) is 0 Å². The maximum atomic E-state index is 6.16. The molecule has 6 heteroatoms. The second-order valence-electron chi connectivity index (χ2n) is 3.96. The molecular weight excluding hydrogens is 238 g/mol. The minimum atomic E-state index is -0.170. The Bertz CT molecular complexity index is 508. The third-order valence-electron chi connectivity index (χ3n) is 2.70. The van der Waals surface area contributed by atoms with E-state index in [0.717, 1.165) is 16.8 Å². The van der Waals surface area contributed by atoms with Crippen LogP contribution in [0.1, 0.15) is 22.9 Å². The molecule has 0 amide bonds. The van der Waals surface area contributed by atoms with Gasteiger partial charge in [0.15, 0.2) is 0 Å². The van der Waals surface area contributed by atoms with Crippen molar-refractivity contribution < 1.29 is 0 Å². The molecule has 17 heavy (non-hydrogen) atoms. The summed E-state index contributed by atoms with van der Waals surface area (Å²) in [5, 5.41) is 4.89. The van der Waals surface area contributed by atoms with E-state index in [4.69, 9.17) is 17.3 Å². The van der Waals surface area contributed by atoms with Crippen molar-refractivity contribution in [2.24, 2.45) is 12.8 Å². The van der Waals surface area contributed by atoms with Gasteiger partial charge >= 0.3 is 0 Å². The first-order chi connectivity index (χ1) is 8.09. The average Bonchev–Trinajstić information content (AvgIpc) is 2.57. The van der Waals surface area contributed by atoms with Crippen LogP contribution in [0.25, 0.3) is 0 Å². The number of aromatic nitrogens is 4. The summed E-state index contributed by atoms with van der Waals surface area (Å²) in [7, 11) is 1.82. The molecule has 1 atom stereocenters. The van der Waals surface area contributed by atoms with E-state index in [2.05, 4.69) is 15.1 Å². The molecule has 2 N–H and O–H groups in total. The third kappa shape index (κ3) is 2.45. The molecule has 1 unspecified atom stereocenters. The minimum absolute atomic E-state index is 0.170. The fourth-order valence-electron chi connectivity index (χ4n) is 1.75. The van der Waals surface area contributed by atoms with Gasteiger partial charge in [-0.2, -0.15) is 5.10 Å². The van der Waals surface area contributed by atoms with Gasteiger partial charge in [-0.25, -0.2) is 9.97 Å². The standard InChI is InChI=1S/C11H14ClN5/c1-7-9(11(12)17(2)16-7)3-10(13)8-4-14-6-15-5-8/h4-6,10H,3,13H2,1-2H3. The summed E-state index contributed by atoms with van der Waals surface area (Å²) in [6, 6.07) is -0.170. The monoisotopic (exact) mass is 251 g/mol. The van der Waals surface area contributed by atoms with Crippen molar-refractivity contribution in [3.63, 3.8) is 0 Å². The average molecular weight is 252 g/mol. The number of hydrogen-bond acceptors (Lipinski definition) is 4. The first kappa shape index (κ1) is 12.0. The van der Waals surface area contributed by atoms with Crippen molar-refractivity contribution in [1.29, 1.82) is 0 Å². The van der Waals surface area contributed by atoms with Crippen LogP contribution in [0.5, 0.6) is 0 Å². The quantitative estimate of drug-likeness (QED) is 0.896. The summed E-state index contributed by atoms with van der Waals surface area (Å²) < 4.78 is 1.65. The molecule has 2 aromatic rings. The molecule has 0 spiro atoms. The fourth-order valence-corrected chi connectivity index (χ4v) is 2.00. The van der Waals surface area contributed by atoms with E-state index in [1.807, 2.05) is 14.0 Å². The van der Waals surface area contributed by atoms with Crippen LogP contribution in [0.3, 0.4) is 0 Å². The Morgan fingerprint density at radius 3 is 2.59 bits per heavy atom. The maximum Gasteiger partial charge on any atom is 0.130 e. The lowest BCUT2D eigenvalue weighted by atomic mass is 10.0. The first-order valence-electron chi connectivity index (χ1n) is 5.28. The fraction of sp³-hybridized carbons (Fsp3) is 0.364. The van der Waals surface area contributed by atoms with Crippen molar-refractivity contribution >= 4 is 11.6 Å². The van der Waals surface area contributed by atoms with Crippen molar-refractivity contribution in [3.8, 4) is 0 Å². The topological polar surface area (TPSA) is 69.6 Å². The highest BCUT2D eigenvalue weighted by Crippen LogP contribution is 2.23. The molecule has 0 saturated carbocycles. The molecule has 5 nitrogen and oxygen atoms in total. The summed E-state index contributed by atoms with van der Waals surface area (Å²) in [6.07, 6.45) is 5.55. The highest BCUT2D eigenvalue weighted by Gasteiger charge is 2.16. The summed E-state index contributed by atoms with van der Waals surface area (Å²) in [4.78, 5) is 7.91. The van der Waals surface area contributed by atoms with Crippen molar-refractivity contribution in [2.75, 3.05) is 0 Å². The van der Waals surface area contributed by atoms with Gasteiger partial charge in [0.05, 0.1) is 5.69 Å². The van der Waals surface area contributed by atoms with Gasteiger partial charge < -0.3 is 5.73 Å². The largest absolute Gasteiger partial charge is 0.324 e. The molecule has 0 radical (unpaired) electrons. The zero-order valence-electron chi connectivity index (χ0n) is 9.76. The molecule has 0 bridgehead atoms. The molecule has 2 rings (SSSR count). The Morgan fingerprint density at radius 2 is 2.06 bits per heavy atom. The predicted octanol–water partition coefficient (Wildman–Crippen LogP) is 1.41. The zero-order chi connectivity index (χ0) is 12.4. The number of rotatable bonds is 3. The molecule has 90 valence electrons. The third-order valence-corrected chi connectivity index (χ3v) is 3.18. The van der Waals surface area contributed by atoms with Gasteiger partial charge in [0, 0.05) is 36.6 Å². The molecule has 0 aliphatic heterocycles. The van der Waals surface area contributed by atoms with Gasteiger partial charge in [0.2, 0.25) is 0 Å². The van der Waals surface area contributed by atoms with E-state index in [0.29, 0.717) is 11.6 Å². The van der Waals surface area contributed by atoms with Gasteiger partial charge in [-0.1, -0.05) is 11.6 Å². The van der Waals surface area contributed by atoms with Crippen molar-refractivity contribution in [1.82, 2.24) is 19.7 Å². The van der Waals surface area contributed by atoms with E-state index in [1.54, 1.807) is 17.1 Å². The number of nitrogens with zero attached hydrogens (tertiary/aromatic N) is 4. The first-order valence-corrected chi connectivity index (χ1v) is 5.66. The van der Waals surface area contributed by atoms with Gasteiger partial charge in [0.1, 0.15) is 11.5 Å². The second kappa shape index (κ2) is 4.81. The lowest BCUT2D eigenvalue weighted by Gasteiger charge is -2.10. The Kier molecular flexibility index (Phi) is 3.40. The maximum absolute atomic E-state index is 6.16. The Labute approximate surface area is 105 Å². The van der Waals surface area contributed by atoms with Crippen LogP contribution in [0, 0.1) is 6.92 Å². The predicted molar refractivity (Wildman–Crippen MR) is 65.6 cm³/mol. The van der Waals surface area contributed by atoms with Gasteiger partial charge in [-0.15, -0.1) is 0 Å². The Morgan fingerprint density at radius 1 is 1.41 bits per heavy atom. The number of nitrogens with two attached hydrogens (primary N) is 1. The van der Waals surface area contributed by atoms with Crippen LogP contribution >= 0.6 is 11.6 Å². The normalized spacial score (nSPS) is 12.7. The number of halogens is 1. The van der Waals surface area contributed by atoms with Gasteiger partial charge in [-0.3, -0.25) is 4.68 Å². The smallest absolute Gasteiger partial charge is 0.130 e. The van der Waals surface area contributed by atoms with Crippen molar-refractivity contribution in [2.45, 2.75) is 19.4 Å². The zero-order valence-corrected chi connectivity index (χ0v) is 10.5. The summed E-state index contributed by atoms with van der Waals surface area (Å²) in [5.74, 6) is 0. The van der Waals surface area contributed by atoms with E-state index in [9.17, 15) is 0 Å². The summed E-state index contributed by atoms with van der Waals surface area (Å²) in [6.45, 7) is 1.93. The van der Waals surface area contributed by atoms with Crippen LogP contribution in [-0.4, -0.2) is 19.7 Å². The number of aryl methyl sites for hydroxylation is 2. The van der Waals surface area contributed by atoms with Crippen molar-refractivity contribution in [3.05, 3.63) is 40.7 Å². The molecule has 0 aliphatic carbocycles.